The third-order valence-corrected chi connectivity index (χ3v) is 5.11. The van der Waals surface area contributed by atoms with Gasteiger partial charge in [0.25, 0.3) is 11.8 Å². The minimum absolute atomic E-state index is 0.00455. The summed E-state index contributed by atoms with van der Waals surface area (Å²) in [5.41, 5.74) is 1.83. The second-order valence-electron chi connectivity index (χ2n) is 6.56. The molecule has 7 heteroatoms. The molecule has 138 valence electrons. The summed E-state index contributed by atoms with van der Waals surface area (Å²) in [7, 11) is 0. The zero-order chi connectivity index (χ0) is 19.4. The second-order valence-corrected chi connectivity index (χ2v) is 7.00. The maximum atomic E-state index is 12.5. The van der Waals surface area contributed by atoms with E-state index in [2.05, 4.69) is 0 Å². The number of cyclic esters (lactones) is 1. The average Bonchev–Trinajstić information content (AvgIpc) is 3.35. The summed E-state index contributed by atoms with van der Waals surface area (Å²) in [6, 6.07) is 14.9. The van der Waals surface area contributed by atoms with E-state index in [1.54, 1.807) is 54.6 Å². The number of carbonyl (C=O) groups is 3. The lowest BCUT2D eigenvalue weighted by molar-refractivity contribution is 0.0418. The number of amides is 2. The van der Waals surface area contributed by atoms with E-state index >= 15 is 0 Å². The number of carbonyl (C=O) groups excluding carboxylic acids is 3. The first kappa shape index (κ1) is 16.8. The van der Waals surface area contributed by atoms with Crippen LogP contribution in [-0.4, -0.2) is 22.7 Å². The van der Waals surface area contributed by atoms with Crippen molar-refractivity contribution in [2.24, 2.45) is 0 Å². The van der Waals surface area contributed by atoms with Crippen LogP contribution < -0.4 is 0 Å². The number of esters is 1. The molecule has 5 rings (SSSR count). The molecule has 0 saturated heterocycles. The fourth-order valence-electron chi connectivity index (χ4n) is 3.54. The Kier molecular flexibility index (Phi) is 3.64. The Bertz CT molecular complexity index is 1130. The van der Waals surface area contributed by atoms with Crippen LogP contribution in [0, 0.1) is 0 Å². The van der Waals surface area contributed by atoms with Gasteiger partial charge in [-0.05, 0) is 42.5 Å². The molecule has 0 saturated carbocycles. The van der Waals surface area contributed by atoms with Crippen LogP contribution in [0.5, 0.6) is 0 Å². The highest BCUT2D eigenvalue weighted by molar-refractivity contribution is 6.30. The van der Waals surface area contributed by atoms with Crippen molar-refractivity contribution in [2.45, 2.75) is 12.6 Å². The van der Waals surface area contributed by atoms with E-state index in [0.717, 1.165) is 4.90 Å². The number of fused-ring (bicyclic) bond motifs is 2. The lowest BCUT2D eigenvalue weighted by Crippen LogP contribution is -2.28. The summed E-state index contributed by atoms with van der Waals surface area (Å²) in [5.74, 6) is -0.349. The minimum atomic E-state index is -0.711. The lowest BCUT2D eigenvalue weighted by Gasteiger charge is -2.12. The lowest BCUT2D eigenvalue weighted by atomic mass is 10.0. The fraction of sp³-hybridized carbons (Fsp3) is 0.0952. The van der Waals surface area contributed by atoms with E-state index in [9.17, 15) is 14.4 Å². The van der Waals surface area contributed by atoms with Gasteiger partial charge in [0.05, 0.1) is 23.2 Å². The summed E-state index contributed by atoms with van der Waals surface area (Å²) >= 11 is 6.04. The van der Waals surface area contributed by atoms with Gasteiger partial charge >= 0.3 is 5.97 Å². The Morgan fingerprint density at radius 2 is 1.61 bits per heavy atom. The van der Waals surface area contributed by atoms with Crippen molar-refractivity contribution in [3.63, 3.8) is 0 Å². The molecular weight excluding hydrogens is 382 g/mol. The number of rotatable bonds is 3. The Morgan fingerprint density at radius 1 is 0.893 bits per heavy atom. The van der Waals surface area contributed by atoms with Crippen molar-refractivity contribution in [2.75, 3.05) is 0 Å². The van der Waals surface area contributed by atoms with E-state index in [1.165, 1.54) is 0 Å². The van der Waals surface area contributed by atoms with Crippen molar-refractivity contribution in [1.82, 2.24) is 4.90 Å². The highest BCUT2D eigenvalue weighted by Crippen LogP contribution is 2.38. The molecule has 0 radical (unpaired) electrons. The molecule has 3 aromatic rings. The average molecular weight is 394 g/mol. The molecule has 3 heterocycles. The minimum Gasteiger partial charge on any atom is -0.460 e. The summed E-state index contributed by atoms with van der Waals surface area (Å²) in [6.07, 6.45) is -0.711. The predicted octanol–water partition coefficient (Wildman–Crippen LogP) is 3.99. The molecule has 28 heavy (non-hydrogen) atoms. The molecule has 1 unspecified atom stereocenters. The van der Waals surface area contributed by atoms with Gasteiger partial charge in [0, 0.05) is 10.6 Å². The number of hydrogen-bond acceptors (Lipinski definition) is 5. The van der Waals surface area contributed by atoms with Crippen LogP contribution in [0.4, 0.5) is 0 Å². The number of benzene rings is 2. The topological polar surface area (TPSA) is 76.8 Å². The normalized spacial score (nSPS) is 17.7. The smallest absolute Gasteiger partial charge is 0.339 e. The first-order chi connectivity index (χ1) is 13.5. The molecule has 6 nitrogen and oxygen atoms in total. The van der Waals surface area contributed by atoms with Crippen molar-refractivity contribution in [1.29, 1.82) is 0 Å². The molecular formula is C21H12ClNO5. The monoisotopic (exact) mass is 393 g/mol. The van der Waals surface area contributed by atoms with Gasteiger partial charge in [0.1, 0.15) is 11.5 Å². The first-order valence-electron chi connectivity index (χ1n) is 8.57. The SMILES string of the molecule is O=C1OC(c2ccc(CN3C(=O)c4ccccc4C3=O)o2)c2cc(Cl)ccc21. The van der Waals surface area contributed by atoms with Gasteiger partial charge in [-0.15, -0.1) is 0 Å². The zero-order valence-electron chi connectivity index (χ0n) is 14.3. The molecule has 1 aromatic heterocycles. The predicted molar refractivity (Wildman–Crippen MR) is 98.1 cm³/mol. The van der Waals surface area contributed by atoms with Crippen LogP contribution in [0.3, 0.4) is 0 Å². The summed E-state index contributed by atoms with van der Waals surface area (Å²) in [5, 5.41) is 0.486. The van der Waals surface area contributed by atoms with E-state index < -0.39 is 12.1 Å². The first-order valence-corrected chi connectivity index (χ1v) is 8.95. The van der Waals surface area contributed by atoms with Crippen LogP contribution in [0.25, 0.3) is 0 Å². The number of nitrogens with zero attached hydrogens (tertiary/aromatic N) is 1. The second kappa shape index (κ2) is 6.07. The van der Waals surface area contributed by atoms with Crippen molar-refractivity contribution >= 4 is 29.4 Å². The van der Waals surface area contributed by atoms with Crippen molar-refractivity contribution < 1.29 is 23.5 Å². The van der Waals surface area contributed by atoms with Gasteiger partial charge < -0.3 is 9.15 Å². The molecule has 0 spiro atoms. The molecule has 2 aliphatic heterocycles. The largest absolute Gasteiger partial charge is 0.460 e. The summed E-state index contributed by atoms with van der Waals surface area (Å²) < 4.78 is 11.2. The number of furan rings is 1. The quantitative estimate of drug-likeness (QED) is 0.496. The van der Waals surface area contributed by atoms with Crippen LogP contribution in [0.1, 0.15) is 54.3 Å². The summed E-state index contributed by atoms with van der Waals surface area (Å²) in [6.45, 7) is -0.00455. The van der Waals surface area contributed by atoms with Gasteiger partial charge in [0.15, 0.2) is 6.10 Å². The third kappa shape index (κ3) is 2.46. The molecule has 2 aromatic carbocycles. The standard InChI is InChI=1S/C21H12ClNO5/c22-11-5-7-15-16(9-11)18(28-21(15)26)17-8-6-12(27-17)10-23-19(24)13-3-1-2-4-14(13)20(23)25/h1-9,18H,10H2. The van der Waals surface area contributed by atoms with E-state index in [-0.39, 0.29) is 18.4 Å². The van der Waals surface area contributed by atoms with E-state index in [4.69, 9.17) is 20.8 Å². The highest BCUT2D eigenvalue weighted by Gasteiger charge is 2.37. The third-order valence-electron chi connectivity index (χ3n) is 4.87. The van der Waals surface area contributed by atoms with E-state index in [0.29, 0.717) is 38.8 Å². The fourth-order valence-corrected chi connectivity index (χ4v) is 3.72. The van der Waals surface area contributed by atoms with Crippen LogP contribution in [0.15, 0.2) is 59.0 Å². The molecule has 2 aliphatic rings. The van der Waals surface area contributed by atoms with Crippen LogP contribution >= 0.6 is 11.6 Å². The van der Waals surface area contributed by atoms with Gasteiger partial charge in [-0.1, -0.05) is 23.7 Å². The molecule has 0 N–H and O–H groups in total. The van der Waals surface area contributed by atoms with Crippen LogP contribution in [0.2, 0.25) is 5.02 Å². The number of ether oxygens (including phenoxy) is 1. The van der Waals surface area contributed by atoms with Crippen molar-refractivity contribution in [3.8, 4) is 0 Å². The Hall–Kier alpha value is -3.38. The highest BCUT2D eigenvalue weighted by atomic mass is 35.5. The number of imide groups is 1. The number of halogens is 1. The van der Waals surface area contributed by atoms with Gasteiger partial charge in [-0.2, -0.15) is 0 Å². The Balaban J connectivity index is 1.42. The molecule has 1 atom stereocenters. The molecule has 2 amide bonds. The Morgan fingerprint density at radius 3 is 2.32 bits per heavy atom. The van der Waals surface area contributed by atoms with Gasteiger partial charge in [-0.3, -0.25) is 14.5 Å². The van der Waals surface area contributed by atoms with E-state index in [1.807, 2.05) is 0 Å². The molecule has 0 fully saturated rings. The van der Waals surface area contributed by atoms with Gasteiger partial charge in [0.2, 0.25) is 0 Å². The Labute approximate surface area is 164 Å². The molecule has 0 bridgehead atoms. The number of hydrogen-bond donors (Lipinski definition) is 0. The van der Waals surface area contributed by atoms with Crippen molar-refractivity contribution in [3.05, 3.63) is 93.4 Å². The summed E-state index contributed by atoms with van der Waals surface area (Å²) in [4.78, 5) is 38.2. The van der Waals surface area contributed by atoms with Crippen LogP contribution in [-0.2, 0) is 11.3 Å². The maximum absolute atomic E-state index is 12.5. The molecule has 0 aliphatic carbocycles. The zero-order valence-corrected chi connectivity index (χ0v) is 15.1. The van der Waals surface area contributed by atoms with Gasteiger partial charge in [-0.25, -0.2) is 4.79 Å². The maximum Gasteiger partial charge on any atom is 0.339 e.